The highest BCUT2D eigenvalue weighted by Gasteiger charge is 2.15. The van der Waals surface area contributed by atoms with Crippen molar-refractivity contribution in [2.75, 3.05) is 37.6 Å². The first kappa shape index (κ1) is 15.0. The molecule has 3 rings (SSSR count). The molecule has 1 aliphatic heterocycles. The molecule has 0 aliphatic carbocycles. The van der Waals surface area contributed by atoms with Crippen LogP contribution in [0.3, 0.4) is 0 Å². The van der Waals surface area contributed by atoms with Gasteiger partial charge in [0.05, 0.1) is 5.69 Å². The second kappa shape index (κ2) is 6.87. The summed E-state index contributed by atoms with van der Waals surface area (Å²) in [5.41, 5.74) is 0.981. The lowest BCUT2D eigenvalue weighted by atomic mass is 10.3. The molecule has 0 radical (unpaired) electrons. The Hall–Kier alpha value is -1.95. The number of rotatable bonds is 4. The maximum Gasteiger partial charge on any atom is 0.175 e. The highest BCUT2D eigenvalue weighted by molar-refractivity contribution is 5.39. The minimum Gasteiger partial charge on any atom is -0.354 e. The van der Waals surface area contributed by atoms with E-state index in [1.165, 1.54) is 25.9 Å². The second-order valence-electron chi connectivity index (χ2n) is 5.83. The van der Waals surface area contributed by atoms with Crippen molar-refractivity contribution in [1.29, 1.82) is 0 Å². The summed E-state index contributed by atoms with van der Waals surface area (Å²) in [6.07, 6.45) is 4.31. The minimum atomic E-state index is 0.763. The topological polar surface area (TPSA) is 50.1 Å². The zero-order valence-corrected chi connectivity index (χ0v) is 13.4. The molecule has 1 saturated heterocycles. The smallest absolute Gasteiger partial charge is 0.175 e. The summed E-state index contributed by atoms with van der Waals surface area (Å²) in [4.78, 5) is 4.87. The van der Waals surface area contributed by atoms with Crippen LogP contribution in [0.25, 0.3) is 5.82 Å². The number of aromatic nitrogens is 4. The van der Waals surface area contributed by atoms with E-state index in [-0.39, 0.29) is 0 Å². The molecule has 0 saturated carbocycles. The summed E-state index contributed by atoms with van der Waals surface area (Å²) in [6.45, 7) is 9.76. The van der Waals surface area contributed by atoms with Gasteiger partial charge in [0.2, 0.25) is 0 Å². The van der Waals surface area contributed by atoms with Crippen LogP contribution in [0.15, 0.2) is 24.4 Å². The molecular weight excluding hydrogens is 276 g/mol. The van der Waals surface area contributed by atoms with Crippen LogP contribution < -0.4 is 4.90 Å². The van der Waals surface area contributed by atoms with Gasteiger partial charge < -0.3 is 9.80 Å². The average Bonchev–Trinajstić information content (AvgIpc) is 2.83. The third-order valence-corrected chi connectivity index (χ3v) is 4.05. The first-order chi connectivity index (χ1) is 10.8. The Kier molecular flexibility index (Phi) is 4.68. The summed E-state index contributed by atoms with van der Waals surface area (Å²) in [7, 11) is 0. The Bertz CT molecular complexity index is 591. The Morgan fingerprint density at radius 1 is 1.00 bits per heavy atom. The molecule has 2 aromatic heterocycles. The van der Waals surface area contributed by atoms with E-state index in [1.807, 2.05) is 25.3 Å². The number of anilines is 1. The predicted octanol–water partition coefficient (Wildman–Crippen LogP) is 1.89. The number of nitrogens with zero attached hydrogens (tertiary/aromatic N) is 6. The van der Waals surface area contributed by atoms with Gasteiger partial charge in [-0.05, 0) is 51.1 Å². The lowest BCUT2D eigenvalue weighted by Crippen LogP contribution is -2.31. The van der Waals surface area contributed by atoms with Crippen molar-refractivity contribution >= 4 is 5.82 Å². The molecule has 6 nitrogen and oxygen atoms in total. The molecule has 0 aromatic carbocycles. The summed E-state index contributed by atoms with van der Waals surface area (Å²) >= 11 is 0. The van der Waals surface area contributed by atoms with Gasteiger partial charge in [0, 0.05) is 25.8 Å². The summed E-state index contributed by atoms with van der Waals surface area (Å²) < 4.78 is 1.76. The highest BCUT2D eigenvalue weighted by atomic mass is 15.4. The first-order valence-electron chi connectivity index (χ1n) is 8.10. The van der Waals surface area contributed by atoms with Crippen molar-refractivity contribution in [3.05, 3.63) is 30.1 Å². The molecule has 118 valence electrons. The average molecular weight is 300 g/mol. The first-order valence-corrected chi connectivity index (χ1v) is 8.10. The maximum atomic E-state index is 4.40. The van der Waals surface area contributed by atoms with Crippen molar-refractivity contribution in [1.82, 2.24) is 24.9 Å². The van der Waals surface area contributed by atoms with Gasteiger partial charge in [-0.1, -0.05) is 6.92 Å². The van der Waals surface area contributed by atoms with Gasteiger partial charge in [0.1, 0.15) is 0 Å². The third kappa shape index (κ3) is 3.44. The van der Waals surface area contributed by atoms with Crippen LogP contribution in [0.5, 0.6) is 0 Å². The molecule has 0 spiro atoms. The molecule has 0 atom stereocenters. The molecule has 1 fully saturated rings. The van der Waals surface area contributed by atoms with E-state index in [4.69, 9.17) is 0 Å². The lowest BCUT2D eigenvalue weighted by molar-refractivity contribution is 0.294. The molecule has 1 aliphatic rings. The molecule has 6 heteroatoms. The molecular formula is C16H24N6. The van der Waals surface area contributed by atoms with Crippen LogP contribution in [-0.4, -0.2) is 57.6 Å². The van der Waals surface area contributed by atoms with Crippen molar-refractivity contribution < 1.29 is 0 Å². The predicted molar refractivity (Wildman–Crippen MR) is 87.5 cm³/mol. The molecule has 0 unspecified atom stereocenters. The van der Waals surface area contributed by atoms with Crippen LogP contribution in [0.1, 0.15) is 25.5 Å². The molecule has 0 amide bonds. The standard InChI is InChI=1S/C16H24N6/c1-3-8-20-9-4-10-21(13-12-20)15-5-6-16(18-17-15)22-11-7-14(2)19-22/h5-7,11H,3-4,8-10,12-13H2,1-2H3. The Morgan fingerprint density at radius 3 is 2.50 bits per heavy atom. The van der Waals surface area contributed by atoms with E-state index in [9.17, 15) is 0 Å². The van der Waals surface area contributed by atoms with E-state index >= 15 is 0 Å². The summed E-state index contributed by atoms with van der Waals surface area (Å²) in [6, 6.07) is 6.00. The van der Waals surface area contributed by atoms with Gasteiger partial charge in [-0.2, -0.15) is 5.10 Å². The maximum absolute atomic E-state index is 4.40. The largest absolute Gasteiger partial charge is 0.354 e. The number of hydrogen-bond donors (Lipinski definition) is 0. The van der Waals surface area contributed by atoms with E-state index in [2.05, 4.69) is 38.1 Å². The van der Waals surface area contributed by atoms with E-state index < -0.39 is 0 Å². The van der Waals surface area contributed by atoms with Gasteiger partial charge >= 0.3 is 0 Å². The second-order valence-corrected chi connectivity index (χ2v) is 5.83. The lowest BCUT2D eigenvalue weighted by Gasteiger charge is -2.22. The van der Waals surface area contributed by atoms with E-state index in [0.717, 1.165) is 37.0 Å². The molecule has 3 heterocycles. The molecule has 22 heavy (non-hydrogen) atoms. The quantitative estimate of drug-likeness (QED) is 0.863. The van der Waals surface area contributed by atoms with Crippen molar-refractivity contribution in [2.45, 2.75) is 26.7 Å². The molecule has 2 aromatic rings. The van der Waals surface area contributed by atoms with E-state index in [0.29, 0.717) is 0 Å². The van der Waals surface area contributed by atoms with Gasteiger partial charge in [0.25, 0.3) is 0 Å². The SMILES string of the molecule is CCCN1CCCN(c2ccc(-n3ccc(C)n3)nn2)CC1. The molecule has 0 bridgehead atoms. The Labute approximate surface area is 131 Å². The number of aryl methyl sites for hydroxylation is 1. The van der Waals surface area contributed by atoms with Crippen LogP contribution >= 0.6 is 0 Å². The fourth-order valence-corrected chi connectivity index (χ4v) is 2.89. The van der Waals surface area contributed by atoms with E-state index in [1.54, 1.807) is 4.68 Å². The highest BCUT2D eigenvalue weighted by Crippen LogP contribution is 2.14. The minimum absolute atomic E-state index is 0.763. The fraction of sp³-hybridized carbons (Fsp3) is 0.562. The fourth-order valence-electron chi connectivity index (χ4n) is 2.89. The van der Waals surface area contributed by atoms with Crippen LogP contribution in [0.4, 0.5) is 5.82 Å². The van der Waals surface area contributed by atoms with Crippen molar-refractivity contribution in [3.8, 4) is 5.82 Å². The van der Waals surface area contributed by atoms with Crippen molar-refractivity contribution in [2.24, 2.45) is 0 Å². The number of hydrogen-bond acceptors (Lipinski definition) is 5. The summed E-state index contributed by atoms with van der Waals surface area (Å²) in [5, 5.41) is 13.1. The van der Waals surface area contributed by atoms with Gasteiger partial charge in [-0.3, -0.25) is 0 Å². The monoisotopic (exact) mass is 300 g/mol. The summed E-state index contributed by atoms with van der Waals surface area (Å²) in [5.74, 6) is 1.73. The van der Waals surface area contributed by atoms with Crippen LogP contribution in [0, 0.1) is 6.92 Å². The Balaban J connectivity index is 1.67. The van der Waals surface area contributed by atoms with Gasteiger partial charge in [0.15, 0.2) is 11.6 Å². The molecule has 0 N–H and O–H groups in total. The zero-order valence-electron chi connectivity index (χ0n) is 13.4. The van der Waals surface area contributed by atoms with Crippen LogP contribution in [0.2, 0.25) is 0 Å². The zero-order chi connectivity index (χ0) is 15.4. The van der Waals surface area contributed by atoms with Crippen LogP contribution in [-0.2, 0) is 0 Å². The van der Waals surface area contributed by atoms with Gasteiger partial charge in [-0.15, -0.1) is 10.2 Å². The van der Waals surface area contributed by atoms with Crippen molar-refractivity contribution in [3.63, 3.8) is 0 Å². The van der Waals surface area contributed by atoms with Gasteiger partial charge in [-0.25, -0.2) is 4.68 Å². The third-order valence-electron chi connectivity index (χ3n) is 4.05. The Morgan fingerprint density at radius 2 is 1.82 bits per heavy atom. The normalized spacial score (nSPS) is 16.7.